The number of unbranched alkanes of at least 4 members (excludes halogenated alkanes) is 1. The number of fused-ring (bicyclic) bond motifs is 2. The predicted molar refractivity (Wildman–Crippen MR) is 280 cm³/mol. The van der Waals surface area contributed by atoms with Crippen molar-refractivity contribution in [3.63, 3.8) is 0 Å². The van der Waals surface area contributed by atoms with Crippen LogP contribution in [0.1, 0.15) is 61.8 Å². The molecule has 0 saturated carbocycles. The molecule has 1 aliphatic carbocycles. The Labute approximate surface area is 400 Å². The SMILES string of the molecule is CCCCC(CC)CNS(=O)(=O)c1ccccc1-c1c2cc/c(=[N+](/CSc3ccccc3)c3c(C)cccc3C)cc-2oc2cc(N(CSc3ccccc3)c3c(C)cccc3C)ccc12. The maximum atomic E-state index is 14.5. The molecule has 0 bridgehead atoms. The molecule has 66 heavy (non-hydrogen) atoms. The van der Waals surface area contributed by atoms with Gasteiger partial charge in [-0.15, -0.1) is 11.8 Å². The molecule has 1 N–H and O–H groups in total. The van der Waals surface area contributed by atoms with Crippen LogP contribution in [0.3, 0.4) is 0 Å². The van der Waals surface area contributed by atoms with E-state index in [-0.39, 0.29) is 10.8 Å². The molecule has 2 aliphatic rings. The van der Waals surface area contributed by atoms with Gasteiger partial charge in [-0.1, -0.05) is 136 Å². The Hall–Kier alpha value is -5.58. The minimum atomic E-state index is -3.91. The normalized spacial score (nSPS) is 12.7. The van der Waals surface area contributed by atoms with Crippen LogP contribution >= 0.6 is 23.5 Å². The number of sulfonamides is 1. The molecule has 0 aromatic heterocycles. The number of rotatable bonds is 18. The number of aryl methyl sites for hydroxylation is 4. The van der Waals surface area contributed by atoms with E-state index in [0.717, 1.165) is 64.6 Å². The largest absolute Gasteiger partial charge is 0.456 e. The minimum Gasteiger partial charge on any atom is -0.456 e. The number of para-hydroxylation sites is 2. The van der Waals surface area contributed by atoms with Crippen LogP contribution in [-0.4, -0.2) is 26.7 Å². The van der Waals surface area contributed by atoms with E-state index in [1.165, 1.54) is 32.0 Å². The quantitative estimate of drug-likeness (QED) is 0.0400. The van der Waals surface area contributed by atoms with Crippen molar-refractivity contribution in [3.05, 3.63) is 185 Å². The van der Waals surface area contributed by atoms with Crippen LogP contribution in [0.25, 0.3) is 33.4 Å². The third kappa shape index (κ3) is 10.5. The van der Waals surface area contributed by atoms with E-state index in [1.54, 1.807) is 29.6 Å². The highest BCUT2D eigenvalue weighted by molar-refractivity contribution is 7.99. The molecule has 0 spiro atoms. The van der Waals surface area contributed by atoms with Crippen molar-refractivity contribution in [1.82, 2.24) is 9.30 Å². The number of anilines is 2. The maximum absolute atomic E-state index is 14.5. The van der Waals surface area contributed by atoms with Crippen LogP contribution in [0, 0.1) is 33.6 Å². The van der Waals surface area contributed by atoms with Gasteiger partial charge in [0.25, 0.3) is 0 Å². The van der Waals surface area contributed by atoms with Crippen molar-refractivity contribution in [3.8, 4) is 22.5 Å². The molecule has 6 aromatic rings. The monoisotopic (exact) mass is 930 g/mol. The Balaban J connectivity index is 1.37. The Morgan fingerprint density at radius 1 is 0.667 bits per heavy atom. The second kappa shape index (κ2) is 21.4. The van der Waals surface area contributed by atoms with Crippen molar-refractivity contribution in [1.29, 1.82) is 0 Å². The summed E-state index contributed by atoms with van der Waals surface area (Å²) in [4.78, 5) is 4.98. The topological polar surface area (TPSA) is 65.6 Å². The van der Waals surface area contributed by atoms with Crippen molar-refractivity contribution in [2.75, 3.05) is 23.2 Å². The summed E-state index contributed by atoms with van der Waals surface area (Å²) in [5.74, 6) is 2.26. The van der Waals surface area contributed by atoms with Crippen LogP contribution in [-0.2, 0) is 10.0 Å². The first-order chi connectivity index (χ1) is 32.1. The van der Waals surface area contributed by atoms with Crippen molar-refractivity contribution in [2.45, 2.75) is 81.9 Å². The van der Waals surface area contributed by atoms with Crippen molar-refractivity contribution in [2.24, 2.45) is 5.92 Å². The number of hydrogen-bond donors (Lipinski definition) is 1. The Morgan fingerprint density at radius 2 is 1.30 bits per heavy atom. The fraction of sp³-hybridized carbons (Fsp3) is 0.246. The molecule has 8 rings (SSSR count). The molecule has 0 amide bonds. The molecule has 1 aliphatic heterocycles. The molecule has 0 radical (unpaired) electrons. The first-order valence-electron chi connectivity index (χ1n) is 23.0. The predicted octanol–water partition coefficient (Wildman–Crippen LogP) is 14.7. The van der Waals surface area contributed by atoms with Gasteiger partial charge in [0, 0.05) is 73.0 Å². The van der Waals surface area contributed by atoms with E-state index >= 15 is 0 Å². The molecule has 1 unspecified atom stereocenters. The van der Waals surface area contributed by atoms with Crippen molar-refractivity contribution >= 4 is 61.6 Å². The Kier molecular flexibility index (Phi) is 15.2. The van der Waals surface area contributed by atoms with Gasteiger partial charge in [-0.05, 0) is 99.7 Å². The number of nitrogens with zero attached hydrogens (tertiary/aromatic N) is 2. The average molecular weight is 931 g/mol. The van der Waals surface area contributed by atoms with Gasteiger partial charge in [0.15, 0.2) is 5.88 Å². The Morgan fingerprint density at radius 3 is 1.97 bits per heavy atom. The van der Waals surface area contributed by atoms with Gasteiger partial charge in [0.05, 0.1) is 16.8 Å². The van der Waals surface area contributed by atoms with E-state index in [4.69, 9.17) is 4.42 Å². The van der Waals surface area contributed by atoms with Gasteiger partial charge in [0.1, 0.15) is 11.3 Å². The minimum absolute atomic E-state index is 0.255. The van der Waals surface area contributed by atoms with Crippen LogP contribution in [0.5, 0.6) is 0 Å². The summed E-state index contributed by atoms with van der Waals surface area (Å²) in [7, 11) is -3.91. The third-order valence-electron chi connectivity index (χ3n) is 12.5. The van der Waals surface area contributed by atoms with Crippen LogP contribution in [0.2, 0.25) is 0 Å². The number of thioether (sulfide) groups is 2. The highest BCUT2D eigenvalue weighted by Gasteiger charge is 2.27. The lowest BCUT2D eigenvalue weighted by atomic mass is 9.93. The second-order valence-corrected chi connectivity index (χ2v) is 20.9. The van der Waals surface area contributed by atoms with Crippen LogP contribution < -0.4 is 19.6 Å². The molecule has 1 atom stereocenters. The van der Waals surface area contributed by atoms with Gasteiger partial charge in [-0.25, -0.2) is 13.1 Å². The summed E-state index contributed by atoms with van der Waals surface area (Å²) in [6.07, 6.45) is 4.06. The van der Waals surface area contributed by atoms with E-state index in [0.29, 0.717) is 35.2 Å². The zero-order chi connectivity index (χ0) is 46.2. The van der Waals surface area contributed by atoms with Gasteiger partial charge in [0.2, 0.25) is 21.1 Å². The highest BCUT2D eigenvalue weighted by Crippen LogP contribution is 2.44. The third-order valence-corrected chi connectivity index (χ3v) is 16.0. The van der Waals surface area contributed by atoms with Gasteiger partial charge < -0.3 is 9.32 Å². The van der Waals surface area contributed by atoms with Gasteiger partial charge in [-0.2, -0.15) is 4.58 Å². The summed E-state index contributed by atoms with van der Waals surface area (Å²) >= 11 is 3.57. The number of benzene rings is 7. The molecule has 1 heterocycles. The Bertz CT molecular complexity index is 3050. The lowest BCUT2D eigenvalue weighted by Gasteiger charge is -2.28. The average Bonchev–Trinajstić information content (AvgIpc) is 3.33. The lowest BCUT2D eigenvalue weighted by molar-refractivity contribution is 0.444. The molecular formula is C57H60N3O3S3+. The van der Waals surface area contributed by atoms with E-state index in [1.807, 2.05) is 30.3 Å². The molecular weight excluding hydrogens is 871 g/mol. The number of nitrogens with one attached hydrogen (secondary N) is 1. The first kappa shape index (κ1) is 46.9. The summed E-state index contributed by atoms with van der Waals surface area (Å²) in [5.41, 5.74) is 10.9. The molecule has 6 nitrogen and oxygen atoms in total. The summed E-state index contributed by atoms with van der Waals surface area (Å²) in [6.45, 7) is 13.4. The molecule has 0 fully saturated rings. The van der Waals surface area contributed by atoms with Crippen LogP contribution in [0.4, 0.5) is 17.1 Å². The maximum Gasteiger partial charge on any atom is 0.241 e. The van der Waals surface area contributed by atoms with Crippen LogP contribution in [0.15, 0.2) is 177 Å². The molecule has 9 heteroatoms. The van der Waals surface area contributed by atoms with Gasteiger partial charge in [-0.3, -0.25) is 0 Å². The lowest BCUT2D eigenvalue weighted by Crippen LogP contribution is -2.29. The summed E-state index contributed by atoms with van der Waals surface area (Å²) in [5, 5.41) is 1.81. The molecule has 338 valence electrons. The highest BCUT2D eigenvalue weighted by atomic mass is 32.2. The first-order valence-corrected chi connectivity index (χ1v) is 26.5. The summed E-state index contributed by atoms with van der Waals surface area (Å²) < 4.78 is 41.6. The fourth-order valence-corrected chi connectivity index (χ4v) is 12.1. The second-order valence-electron chi connectivity index (χ2n) is 17.1. The standard InChI is InChI=1S/C57H60N3O3S3/c1-7-9-24-44(8-2)37-58-66(61,62)54-30-17-16-29-51(54)55-49-33-31-45(59(38-64-47-25-12-10-13-26-47)56-40(3)20-18-21-41(56)4)35-52(49)63-53-36-46(32-34-50(53)55)60(39-65-48-27-14-11-15-28-48)57-42(5)22-19-23-43(57)6/h10-23,25-36,44,58H,7-9,24,37-39H2,1-6H3/q+1. The van der Waals surface area contributed by atoms with Crippen molar-refractivity contribution < 1.29 is 12.8 Å². The zero-order valence-electron chi connectivity index (χ0n) is 38.9. The van der Waals surface area contributed by atoms with E-state index in [9.17, 15) is 8.42 Å². The van der Waals surface area contributed by atoms with E-state index < -0.39 is 10.0 Å². The summed E-state index contributed by atoms with van der Waals surface area (Å²) in [6, 6.07) is 54.1. The fourth-order valence-electron chi connectivity index (χ4n) is 8.96. The van der Waals surface area contributed by atoms with Gasteiger partial charge >= 0.3 is 0 Å². The smallest absolute Gasteiger partial charge is 0.241 e. The zero-order valence-corrected chi connectivity index (χ0v) is 41.3. The molecule has 6 aromatic carbocycles. The number of hydrogen-bond acceptors (Lipinski definition) is 6. The van der Waals surface area contributed by atoms with E-state index in [2.05, 4.69) is 177 Å². The molecule has 0 saturated heterocycles.